The topological polar surface area (TPSA) is 297 Å². The summed E-state index contributed by atoms with van der Waals surface area (Å²) in [6, 6.07) is 4.49. The van der Waals surface area contributed by atoms with Gasteiger partial charge in [-0.2, -0.15) is 0 Å². The highest BCUT2D eigenvalue weighted by Crippen LogP contribution is 2.70. The maximum atomic E-state index is 17.8. The number of carbonyl (C=O) groups is 6. The lowest BCUT2D eigenvalue weighted by Crippen LogP contribution is -2.70. The molecule has 0 heterocycles. The Morgan fingerprint density at radius 1 is 0.937 bits per heavy atom. The fourth-order valence-corrected chi connectivity index (χ4v) is 9.79. The Bertz CT molecular complexity index is 2030. The predicted octanol–water partition coefficient (Wildman–Crippen LogP) is 2.96. The number of fused-ring (bicyclic) bond motifs is 5. The normalized spacial score (nSPS) is 29.6. The number of unbranched alkanes of at least 4 members (excludes halogenated alkanes) is 1. The Hall–Kier alpha value is -6.03. The second-order valence-electron chi connectivity index (χ2n) is 16.5. The summed E-state index contributed by atoms with van der Waals surface area (Å²) in [4.78, 5) is 107. The molecule has 0 aliphatic heterocycles. The second kappa shape index (κ2) is 19.6. The van der Waals surface area contributed by atoms with Crippen molar-refractivity contribution in [2.24, 2.45) is 22.7 Å². The van der Waals surface area contributed by atoms with Crippen molar-refractivity contribution >= 4 is 35.6 Å². The number of ether oxygens (including phenoxy) is 4. The first kappa shape index (κ1) is 48.0. The zero-order valence-electron chi connectivity index (χ0n) is 34.8. The Morgan fingerprint density at radius 3 is 2.24 bits per heavy atom. The number of ketones is 2. The third kappa shape index (κ3) is 9.96. The number of Topliss-reactive ketones (excluding diaryl/α,β-unsaturated/α-hetero) is 1. The number of hydrogen-bond donors (Lipinski definition) is 3. The van der Waals surface area contributed by atoms with E-state index in [1.54, 1.807) is 13.0 Å². The van der Waals surface area contributed by atoms with E-state index in [1.807, 2.05) is 0 Å². The van der Waals surface area contributed by atoms with Gasteiger partial charge >= 0.3 is 18.1 Å². The van der Waals surface area contributed by atoms with Gasteiger partial charge in [-0.3, -0.25) is 19.2 Å². The molecule has 0 bridgehead atoms. The average molecular weight is 892 g/mol. The molecule has 0 spiro atoms. The minimum atomic E-state index is -2.51. The molecule has 63 heavy (non-hydrogen) atoms. The first-order chi connectivity index (χ1) is 29.7. The Labute approximate surface area is 359 Å². The van der Waals surface area contributed by atoms with Crippen molar-refractivity contribution in [1.29, 1.82) is 0 Å². The molecule has 3 N–H and O–H groups in total. The highest BCUT2D eigenvalue weighted by Gasteiger charge is 2.78. The quantitative estimate of drug-likeness (QED) is 0.0322. The number of allylic oxidation sites excluding steroid dienone is 4. The van der Waals surface area contributed by atoms with Crippen LogP contribution >= 0.6 is 0 Å². The molecule has 5 rings (SSSR count). The fourth-order valence-electron chi connectivity index (χ4n) is 9.79. The van der Waals surface area contributed by atoms with Gasteiger partial charge in [-0.1, -0.05) is 36.8 Å². The van der Waals surface area contributed by atoms with Crippen molar-refractivity contribution in [2.45, 2.75) is 108 Å². The van der Waals surface area contributed by atoms with Crippen LogP contribution in [0.4, 0.5) is 9.18 Å². The van der Waals surface area contributed by atoms with Gasteiger partial charge in [-0.15, -0.1) is 20.2 Å². The standard InChI is InChI=1S/C41H50FN3O18/c1-24(46)43-31(36(52)58-16-4-5-17-60-44(54)55)19-25-8-11-28(12-9-25)62-37(53)59-23-34(50)41(63-35(51)7-6-18-61-45(56)57)32(48)21-30-29-13-10-26-20-27(47)14-15-38(26,2)40(29,42)33(49)22-39(30,41)3/h8-12,14-15,29-33,48-49H,4-7,13,16-23H2,1-3H3,(H,43,46)/t29?,30?,31-,32+,33-,38-,39-,40-,41-/m0/s1. The minimum Gasteiger partial charge on any atom is -0.464 e. The van der Waals surface area contributed by atoms with Gasteiger partial charge in [0.1, 0.15) is 17.9 Å². The van der Waals surface area contributed by atoms with E-state index in [0.717, 1.165) is 0 Å². The molecule has 1 amide bonds. The lowest BCUT2D eigenvalue weighted by atomic mass is 9.45. The first-order valence-corrected chi connectivity index (χ1v) is 20.3. The summed E-state index contributed by atoms with van der Waals surface area (Å²) in [5, 5.41) is 45.0. The van der Waals surface area contributed by atoms with Gasteiger partial charge in [0.15, 0.2) is 18.1 Å². The van der Waals surface area contributed by atoms with Crippen LogP contribution in [0.1, 0.15) is 77.7 Å². The molecule has 9 atom stereocenters. The van der Waals surface area contributed by atoms with E-state index < -0.39 is 118 Å². The number of aliphatic hydroxyl groups is 2. The van der Waals surface area contributed by atoms with Crippen LogP contribution in [0.2, 0.25) is 0 Å². The first-order valence-electron chi connectivity index (χ1n) is 20.3. The number of alkyl halides is 1. The zero-order chi connectivity index (χ0) is 46.3. The molecule has 2 saturated carbocycles. The van der Waals surface area contributed by atoms with E-state index >= 15 is 4.39 Å². The number of nitrogens with zero attached hydrogens (tertiary/aromatic N) is 2. The van der Waals surface area contributed by atoms with Crippen molar-refractivity contribution in [3.63, 3.8) is 0 Å². The summed E-state index contributed by atoms with van der Waals surface area (Å²) >= 11 is 0. The lowest BCUT2D eigenvalue weighted by Gasteiger charge is -2.62. The van der Waals surface area contributed by atoms with Gasteiger partial charge in [-0.25, -0.2) is 14.0 Å². The van der Waals surface area contributed by atoms with Gasteiger partial charge in [0, 0.05) is 42.9 Å². The van der Waals surface area contributed by atoms with Gasteiger partial charge in [0.25, 0.3) is 10.2 Å². The smallest absolute Gasteiger partial charge is 0.464 e. The number of amides is 1. The predicted molar refractivity (Wildman–Crippen MR) is 209 cm³/mol. The van der Waals surface area contributed by atoms with Crippen LogP contribution in [0, 0.1) is 42.9 Å². The molecule has 0 aromatic heterocycles. The molecule has 1 aromatic rings. The Kier molecular flexibility index (Phi) is 14.9. The third-order valence-electron chi connectivity index (χ3n) is 12.7. The molecule has 344 valence electrons. The van der Waals surface area contributed by atoms with Gasteiger partial charge in [-0.05, 0) is 75.1 Å². The molecule has 2 fully saturated rings. The summed E-state index contributed by atoms with van der Waals surface area (Å²) in [5.74, 6) is -5.73. The number of aliphatic hydroxyl groups excluding tert-OH is 2. The maximum absolute atomic E-state index is 17.8. The van der Waals surface area contributed by atoms with Gasteiger partial charge in [0.2, 0.25) is 17.3 Å². The van der Waals surface area contributed by atoms with E-state index in [9.17, 15) is 59.2 Å². The fraction of sp³-hybridized carbons (Fsp3) is 0.610. The van der Waals surface area contributed by atoms with Crippen molar-refractivity contribution in [1.82, 2.24) is 5.32 Å². The molecule has 4 aliphatic carbocycles. The van der Waals surface area contributed by atoms with Crippen LogP contribution < -0.4 is 10.1 Å². The summed E-state index contributed by atoms with van der Waals surface area (Å²) in [7, 11) is 0. The van der Waals surface area contributed by atoms with Crippen LogP contribution in [0.25, 0.3) is 0 Å². The van der Waals surface area contributed by atoms with Gasteiger partial charge in [0.05, 0.1) is 25.9 Å². The maximum Gasteiger partial charge on any atom is 0.514 e. The average Bonchev–Trinajstić information content (AvgIpc) is 3.42. The number of carbonyl (C=O) groups excluding carboxylic acids is 6. The minimum absolute atomic E-state index is 0.0220. The van der Waals surface area contributed by atoms with Crippen LogP contribution in [-0.2, 0) is 54.3 Å². The van der Waals surface area contributed by atoms with Crippen molar-refractivity contribution < 1.29 is 82.2 Å². The van der Waals surface area contributed by atoms with Gasteiger partial charge < -0.3 is 44.2 Å². The number of halogens is 1. The summed E-state index contributed by atoms with van der Waals surface area (Å²) in [5.41, 5.74) is -6.97. The molecule has 0 saturated heterocycles. The molecule has 22 heteroatoms. The zero-order valence-corrected chi connectivity index (χ0v) is 34.8. The number of nitrogens with one attached hydrogen (secondary N) is 1. The van der Waals surface area contributed by atoms with Crippen molar-refractivity contribution in [3.05, 3.63) is 73.9 Å². The van der Waals surface area contributed by atoms with E-state index in [-0.39, 0.29) is 69.7 Å². The molecule has 2 unspecified atom stereocenters. The number of hydrogen-bond acceptors (Lipinski definition) is 18. The van der Waals surface area contributed by atoms with Crippen molar-refractivity contribution in [3.8, 4) is 5.75 Å². The lowest BCUT2D eigenvalue weighted by molar-refractivity contribution is -0.757. The number of benzene rings is 1. The molecule has 21 nitrogen and oxygen atoms in total. The van der Waals surface area contributed by atoms with E-state index in [1.165, 1.54) is 50.3 Å². The third-order valence-corrected chi connectivity index (χ3v) is 12.7. The number of rotatable bonds is 20. The number of esters is 2. The summed E-state index contributed by atoms with van der Waals surface area (Å²) < 4.78 is 39.2. The Morgan fingerprint density at radius 2 is 1.59 bits per heavy atom. The van der Waals surface area contributed by atoms with Crippen LogP contribution in [0.3, 0.4) is 0 Å². The summed E-state index contributed by atoms with van der Waals surface area (Å²) in [6.07, 6.45) is -1.63. The van der Waals surface area contributed by atoms with E-state index in [0.29, 0.717) is 11.1 Å². The van der Waals surface area contributed by atoms with Crippen molar-refractivity contribution in [2.75, 3.05) is 26.4 Å². The largest absolute Gasteiger partial charge is 0.514 e. The molecular weight excluding hydrogens is 841 g/mol. The van der Waals surface area contributed by atoms with Crippen LogP contribution in [-0.4, -0.2) is 112 Å². The molecule has 1 aromatic carbocycles. The second-order valence-corrected chi connectivity index (χ2v) is 16.5. The van der Waals surface area contributed by atoms with E-state index in [2.05, 4.69) is 15.0 Å². The molecule has 4 aliphatic rings. The Balaban J connectivity index is 1.29. The molecule has 0 radical (unpaired) electrons. The van der Waals surface area contributed by atoms with Crippen LogP contribution in [0.15, 0.2) is 48.1 Å². The van der Waals surface area contributed by atoms with Crippen LogP contribution in [0.5, 0.6) is 5.75 Å². The highest BCUT2D eigenvalue weighted by atomic mass is 19.1. The van der Waals surface area contributed by atoms with E-state index in [4.69, 9.17) is 18.9 Å². The highest BCUT2D eigenvalue weighted by molar-refractivity contribution is 5.95. The monoisotopic (exact) mass is 891 g/mol. The molecular formula is C41H50FN3O18. The SMILES string of the molecule is CC(=O)N[C@@H](Cc1ccc(OC(=O)OCC(=O)[C@@]2(OC(=O)CCCO[N+](=O)[O-])[C@H](O)CC3C4CC=C5CC(=O)C=C[C@]5(C)[C@@]4(F)[C@@H](O)C[C@@]32C)cc1)C(=O)OCCCCO[N+](=O)[O-]. The summed E-state index contributed by atoms with van der Waals surface area (Å²) in [6.45, 7) is 2.38.